The largest absolute Gasteiger partial charge is 0.495 e. The molecule has 1 aliphatic heterocycles. The lowest BCUT2D eigenvalue weighted by Crippen LogP contribution is -1.93. The van der Waals surface area contributed by atoms with Crippen LogP contribution in [0.1, 0.15) is 10.4 Å². The molecule has 0 saturated carbocycles. The molecule has 0 fully saturated rings. The Morgan fingerprint density at radius 1 is 1.12 bits per heavy atom. The van der Waals surface area contributed by atoms with Crippen LogP contribution in [0.3, 0.4) is 0 Å². The Kier molecular flexibility index (Phi) is 3.95. The van der Waals surface area contributed by atoms with Gasteiger partial charge in [0.25, 0.3) is 0 Å². The number of rotatable bonds is 4. The summed E-state index contributed by atoms with van der Waals surface area (Å²) in [5, 5.41) is 14.0. The maximum Gasteiger partial charge on any atom is 0.231 e. The van der Waals surface area contributed by atoms with Crippen molar-refractivity contribution in [2.45, 2.75) is 0 Å². The van der Waals surface area contributed by atoms with E-state index in [1.54, 1.807) is 13.3 Å². The molecule has 124 valence electrons. The number of hydrogen-bond donors (Lipinski definition) is 2. The summed E-state index contributed by atoms with van der Waals surface area (Å²) in [4.78, 5) is 9.26. The third-order valence-electron chi connectivity index (χ3n) is 3.83. The summed E-state index contributed by atoms with van der Waals surface area (Å²) in [6.07, 6.45) is 3.70. The van der Waals surface area contributed by atoms with E-state index in [1.165, 1.54) is 11.3 Å². The van der Waals surface area contributed by atoms with Crippen molar-refractivity contribution >= 4 is 45.7 Å². The lowest BCUT2D eigenvalue weighted by atomic mass is 10.1. The smallest absolute Gasteiger partial charge is 0.231 e. The topological polar surface area (TPSA) is 66.7 Å². The van der Waals surface area contributed by atoms with Gasteiger partial charge in [-0.15, -0.1) is 0 Å². The van der Waals surface area contributed by atoms with Gasteiger partial charge in [0.15, 0.2) is 5.13 Å². The summed E-state index contributed by atoms with van der Waals surface area (Å²) in [7, 11) is 1.62. The second-order valence-electron chi connectivity index (χ2n) is 5.41. The number of thiazole rings is 1. The van der Waals surface area contributed by atoms with E-state index in [0.717, 1.165) is 22.5 Å². The van der Waals surface area contributed by atoms with Crippen molar-refractivity contribution in [1.82, 2.24) is 4.98 Å². The summed E-state index contributed by atoms with van der Waals surface area (Å²) in [5.74, 6) is 0.710. The number of benzene rings is 2. The molecule has 2 aromatic carbocycles. The summed E-state index contributed by atoms with van der Waals surface area (Å²) in [6, 6.07) is 15.5. The minimum absolute atomic E-state index is 0.00678. The van der Waals surface area contributed by atoms with Crippen LogP contribution in [0, 0.1) is 0 Å². The maximum absolute atomic E-state index is 10.2. The van der Waals surface area contributed by atoms with E-state index in [9.17, 15) is 5.11 Å². The molecule has 0 radical (unpaired) electrons. The molecular weight excluding hydrogens is 334 g/mol. The van der Waals surface area contributed by atoms with E-state index in [2.05, 4.69) is 15.3 Å². The second-order valence-corrected chi connectivity index (χ2v) is 6.44. The number of aliphatic imine (C=N–C) groups is 1. The first-order chi connectivity index (χ1) is 12.2. The highest BCUT2D eigenvalue weighted by Gasteiger charge is 2.15. The number of aromatic hydroxyl groups is 1. The number of methoxy groups -OCH3 is 1. The summed E-state index contributed by atoms with van der Waals surface area (Å²) >= 11 is 1.37. The van der Waals surface area contributed by atoms with E-state index in [4.69, 9.17) is 4.74 Å². The van der Waals surface area contributed by atoms with E-state index < -0.39 is 0 Å². The molecule has 3 aromatic rings. The van der Waals surface area contributed by atoms with Crippen LogP contribution >= 0.6 is 11.3 Å². The standard InChI is InChI=1S/C19H15N3O2S/c1-24-16-9-5-4-8-15(16)21-19-22-18(23)17(25-19)10-12-11-20-14-7-3-2-6-13(12)14/h2-11,23H,1H3,(H,21,22). The van der Waals surface area contributed by atoms with Crippen molar-refractivity contribution in [2.24, 2.45) is 4.99 Å². The summed E-state index contributed by atoms with van der Waals surface area (Å²) in [5.41, 5.74) is 3.74. The van der Waals surface area contributed by atoms with Crippen molar-refractivity contribution < 1.29 is 9.84 Å². The van der Waals surface area contributed by atoms with E-state index in [-0.39, 0.29) is 5.88 Å². The van der Waals surface area contributed by atoms with E-state index in [1.807, 2.05) is 54.6 Å². The zero-order valence-corrected chi connectivity index (χ0v) is 14.2. The lowest BCUT2D eigenvalue weighted by Gasteiger charge is -2.07. The number of aromatic nitrogens is 1. The van der Waals surface area contributed by atoms with Gasteiger partial charge in [0.05, 0.1) is 23.4 Å². The second kappa shape index (κ2) is 6.41. The van der Waals surface area contributed by atoms with Gasteiger partial charge < -0.3 is 15.2 Å². The zero-order valence-electron chi connectivity index (χ0n) is 13.4. The molecule has 0 aliphatic carbocycles. The van der Waals surface area contributed by atoms with Gasteiger partial charge >= 0.3 is 0 Å². The molecule has 0 bridgehead atoms. The predicted octanol–water partition coefficient (Wildman–Crippen LogP) is 4.86. The Bertz CT molecular complexity index is 992. The Morgan fingerprint density at radius 2 is 1.92 bits per heavy atom. The van der Waals surface area contributed by atoms with Crippen molar-refractivity contribution in [3.05, 3.63) is 59.0 Å². The molecule has 2 heterocycles. The average Bonchev–Trinajstić information content (AvgIpc) is 3.20. The summed E-state index contributed by atoms with van der Waals surface area (Å²) in [6.45, 7) is 0. The third-order valence-corrected chi connectivity index (χ3v) is 4.73. The van der Waals surface area contributed by atoms with Crippen molar-refractivity contribution in [3.8, 4) is 11.6 Å². The molecule has 0 atom stereocenters. The van der Waals surface area contributed by atoms with Crippen LogP contribution in [-0.2, 0) is 0 Å². The van der Waals surface area contributed by atoms with Crippen LogP contribution in [0.25, 0.3) is 11.6 Å². The fourth-order valence-corrected chi connectivity index (χ4v) is 3.45. The van der Waals surface area contributed by atoms with Crippen molar-refractivity contribution in [3.63, 3.8) is 0 Å². The third kappa shape index (κ3) is 2.99. The molecule has 1 aliphatic rings. The minimum Gasteiger partial charge on any atom is -0.495 e. The van der Waals surface area contributed by atoms with Crippen LogP contribution in [0.4, 0.5) is 16.5 Å². The van der Waals surface area contributed by atoms with E-state index >= 15 is 0 Å². The number of hydrogen-bond acceptors (Lipinski definition) is 6. The molecule has 0 saturated heterocycles. The average molecular weight is 349 g/mol. The van der Waals surface area contributed by atoms with Gasteiger partial charge in [-0.1, -0.05) is 41.7 Å². The van der Waals surface area contributed by atoms with Crippen LogP contribution in [0.5, 0.6) is 11.6 Å². The maximum atomic E-state index is 10.2. The zero-order chi connectivity index (χ0) is 17.2. The van der Waals surface area contributed by atoms with Crippen LogP contribution < -0.4 is 10.1 Å². The molecule has 25 heavy (non-hydrogen) atoms. The molecule has 2 N–H and O–H groups in total. The molecule has 0 spiro atoms. The first kappa shape index (κ1) is 15.4. The Hall–Kier alpha value is -3.12. The molecule has 5 nitrogen and oxygen atoms in total. The highest BCUT2D eigenvalue weighted by Crippen LogP contribution is 2.37. The van der Waals surface area contributed by atoms with Gasteiger partial charge in [-0.05, 0) is 24.3 Å². The first-order valence-corrected chi connectivity index (χ1v) is 8.51. The molecule has 0 unspecified atom stereocenters. The van der Waals surface area contributed by atoms with Gasteiger partial charge in [0, 0.05) is 17.4 Å². The fraction of sp³-hybridized carbons (Fsp3) is 0.0526. The van der Waals surface area contributed by atoms with Crippen molar-refractivity contribution in [2.75, 3.05) is 12.4 Å². The number of fused-ring (bicyclic) bond motifs is 1. The predicted molar refractivity (Wildman–Crippen MR) is 103 cm³/mol. The Morgan fingerprint density at radius 3 is 2.80 bits per heavy atom. The SMILES string of the molecule is COc1ccccc1Nc1nc(O)c(C=C2C=Nc3ccccc32)s1. The van der Waals surface area contributed by atoms with Crippen LogP contribution in [-0.4, -0.2) is 23.4 Å². The molecular formula is C19H15N3O2S. The van der Waals surface area contributed by atoms with Crippen LogP contribution in [0.2, 0.25) is 0 Å². The summed E-state index contributed by atoms with van der Waals surface area (Å²) < 4.78 is 5.32. The van der Waals surface area contributed by atoms with Gasteiger partial charge in [0.1, 0.15) is 5.75 Å². The van der Waals surface area contributed by atoms with Gasteiger partial charge in [-0.2, -0.15) is 4.98 Å². The number of para-hydroxylation sites is 3. The van der Waals surface area contributed by atoms with Gasteiger partial charge in [-0.25, -0.2) is 0 Å². The van der Waals surface area contributed by atoms with Crippen LogP contribution in [0.15, 0.2) is 53.5 Å². The number of nitrogens with one attached hydrogen (secondary N) is 1. The molecule has 0 amide bonds. The minimum atomic E-state index is -0.00678. The number of ether oxygens (including phenoxy) is 1. The highest BCUT2D eigenvalue weighted by molar-refractivity contribution is 7.16. The monoisotopic (exact) mass is 349 g/mol. The quantitative estimate of drug-likeness (QED) is 0.706. The lowest BCUT2D eigenvalue weighted by molar-refractivity contribution is 0.417. The van der Waals surface area contributed by atoms with Gasteiger partial charge in [0.2, 0.25) is 5.88 Å². The number of allylic oxidation sites excluding steroid dienone is 1. The number of nitrogens with zero attached hydrogens (tertiary/aromatic N) is 2. The molecule has 6 heteroatoms. The highest BCUT2D eigenvalue weighted by atomic mass is 32.1. The Labute approximate surface area is 149 Å². The molecule has 4 rings (SSSR count). The normalized spacial score (nSPS) is 13.9. The molecule has 1 aromatic heterocycles. The van der Waals surface area contributed by atoms with Gasteiger partial charge in [-0.3, -0.25) is 4.99 Å². The Balaban J connectivity index is 1.64. The first-order valence-electron chi connectivity index (χ1n) is 7.69. The van der Waals surface area contributed by atoms with Crippen molar-refractivity contribution in [1.29, 1.82) is 0 Å². The number of anilines is 2. The fourth-order valence-electron chi connectivity index (χ4n) is 2.63. The van der Waals surface area contributed by atoms with E-state index in [0.29, 0.717) is 15.8 Å².